The molecule has 624 valence electrons. The highest BCUT2D eigenvalue weighted by atomic mass is 32.2. The number of hydrogen-bond acceptors (Lipinski definition) is 24. The molecule has 4 saturated carbocycles. The lowest BCUT2D eigenvalue weighted by molar-refractivity contribution is -0.228. The lowest BCUT2D eigenvalue weighted by Gasteiger charge is -2.46. The van der Waals surface area contributed by atoms with E-state index < -0.39 is 162 Å². The molecule has 6 fully saturated rings. The van der Waals surface area contributed by atoms with Crippen LogP contribution in [0.4, 0.5) is 21.4 Å². The summed E-state index contributed by atoms with van der Waals surface area (Å²) in [4.78, 5) is 146. The van der Waals surface area contributed by atoms with Gasteiger partial charge in [-0.15, -0.1) is 0 Å². The number of anilines is 3. The number of carboxylic acids is 3. The molecule has 0 spiro atoms. The van der Waals surface area contributed by atoms with Crippen LogP contribution in [-0.2, 0) is 95.2 Å². The van der Waals surface area contributed by atoms with Gasteiger partial charge in [-0.05, 0) is 159 Å². The summed E-state index contributed by atoms with van der Waals surface area (Å²) < 4.78 is 58.5. The van der Waals surface area contributed by atoms with Crippen molar-refractivity contribution in [3.05, 3.63) is 118 Å². The fourth-order valence-electron chi connectivity index (χ4n) is 18.1. The van der Waals surface area contributed by atoms with Crippen LogP contribution < -0.4 is 31.5 Å². The number of nitrogens with zero attached hydrogens (tertiary/aromatic N) is 7. The number of pyridine rings is 1. The molecule has 6 heterocycles. The van der Waals surface area contributed by atoms with Gasteiger partial charge in [0.25, 0.3) is 16.0 Å². The van der Waals surface area contributed by atoms with Gasteiger partial charge in [0.05, 0.1) is 72.7 Å². The maximum Gasteiger partial charge on any atom is 0.409 e. The summed E-state index contributed by atoms with van der Waals surface area (Å²) in [6.07, 6.45) is -4.33. The topological polar surface area (TPSA) is 497 Å². The third-order valence-electron chi connectivity index (χ3n) is 23.5. The minimum absolute atomic E-state index is 0.0402. The van der Waals surface area contributed by atoms with Crippen LogP contribution in [-0.4, -0.2) is 245 Å². The van der Waals surface area contributed by atoms with Crippen LogP contribution in [0.15, 0.2) is 79.0 Å². The number of carbonyl (C=O) groups is 10. The highest BCUT2D eigenvalue weighted by Crippen LogP contribution is 2.78. The number of para-hydroxylation sites is 1. The standard InChI is InChI=1S/C79H98N12O23S2/c1-42(2)62(86-60(93)33-90-49(35-111-27-28-116(108,109)110)30-55(71(90)102)83-59(92)21-22-61(94)95)70(101)81-43(3)68(99)82-48-17-15-47(46(29-48)16-19-56-64(96)65(97)66(98)67(114-56)73(105)106)34-112-75(107)88(7)25-26-113-79-38-76(5)36-77(6,39-79)78(37-76,40-79)41-91-44(4)52(31-80-91)50-18-20-58(85-63(50)72(103)104)89-24-23-45-11-10-12-51(53(45)32-89)69(100)87-74-84-54-13-8-9-14-57(54)115-74/h8-15,17-18,20,29,31,42-43,49,55-56,62,64-67,96-98H,16,19,21-28,30,32-41H2,1-7H3,(H,81,101)(H,82,99)(H,83,92)(H,86,93)(H,94,95)(H,103,104)(H,105,106)(H,84,87,100)(H,108,109,110)/t43-,49-,55?,56-,62-,64-,65+,66-,67-,76?,77?,78?,79?/m0/s1. The van der Waals surface area contributed by atoms with Crippen molar-refractivity contribution in [3.63, 3.8) is 0 Å². The van der Waals surface area contributed by atoms with Crippen molar-refractivity contribution in [2.24, 2.45) is 22.2 Å². The van der Waals surface area contributed by atoms with Crippen LogP contribution in [0.2, 0.25) is 0 Å². The molecule has 7 aliphatic rings. The average Bonchev–Trinajstić information content (AvgIpc) is 1.50. The number of aliphatic hydroxyl groups excluding tert-OH is 3. The average molecular weight is 1650 g/mol. The van der Waals surface area contributed by atoms with Gasteiger partial charge in [-0.25, -0.2) is 24.4 Å². The van der Waals surface area contributed by atoms with Gasteiger partial charge in [0.15, 0.2) is 16.9 Å². The molecule has 13 rings (SSSR count). The van der Waals surface area contributed by atoms with Gasteiger partial charge in [-0.2, -0.15) is 13.5 Å². The number of aliphatic carboxylic acids is 2. The lowest BCUT2D eigenvalue weighted by atomic mass is 9.65. The third-order valence-corrected chi connectivity index (χ3v) is 25.1. The molecule has 116 heavy (non-hydrogen) atoms. The first-order valence-electron chi connectivity index (χ1n) is 38.4. The number of likely N-dealkylation sites (tertiary alicyclic amines) is 1. The summed E-state index contributed by atoms with van der Waals surface area (Å²) in [5.74, 6) is -9.19. The number of benzene rings is 3. The largest absolute Gasteiger partial charge is 0.481 e. The van der Waals surface area contributed by atoms with Gasteiger partial charge in [0, 0.05) is 67.7 Å². The van der Waals surface area contributed by atoms with E-state index in [1.165, 1.54) is 35.3 Å². The van der Waals surface area contributed by atoms with Gasteiger partial charge in [0.1, 0.15) is 48.9 Å². The van der Waals surface area contributed by atoms with Crippen LogP contribution in [0.5, 0.6) is 0 Å². The Labute approximate surface area is 671 Å². The Hall–Kier alpha value is -10.1. The number of thiazole rings is 1. The van der Waals surface area contributed by atoms with Gasteiger partial charge in [-0.3, -0.25) is 48.1 Å². The van der Waals surface area contributed by atoms with E-state index in [-0.39, 0.29) is 79.2 Å². The molecular formula is C79H98N12O23S2. The molecule has 4 aliphatic carbocycles. The van der Waals surface area contributed by atoms with Crippen molar-refractivity contribution in [3.8, 4) is 11.1 Å². The number of likely N-dealkylation sites (N-methyl/N-ethyl adjacent to an activating group) is 1. The SMILES string of the molecule is Cc1c(-c2ccc(N3CCc4cccc(C(=O)Nc5nc6ccccc6s5)c4C3)nc2C(=O)O)cnn1CC12CC3(C)CC(OCCN(C)C(=O)OCc4ccc(NC(=O)[C@H](C)NC(=O)[C@@H](NC(=O)CN5C(=O)C(NC(=O)CCC(=O)O)C[C@H]5COCCS(=O)(=O)O)C(C)C)cc4CC[C@@H]4O[C@H](C(=O)O)[C@@H](O)[C@H](O)[C@H]4O)(CC1(C)C3)C2. The smallest absolute Gasteiger partial charge is 0.409 e. The Bertz CT molecular complexity index is 4890. The van der Waals surface area contributed by atoms with Crippen LogP contribution in [0, 0.1) is 29.1 Å². The number of aryl methyl sites for hydroxylation is 1. The summed E-state index contributed by atoms with van der Waals surface area (Å²) in [5.41, 5.74) is 4.78. The molecule has 2 saturated heterocycles. The number of aliphatic hydroxyl groups is 3. The number of carboxylic acid groups (broad SMARTS) is 3. The van der Waals surface area contributed by atoms with Crippen LogP contribution in [0.25, 0.3) is 21.3 Å². The Morgan fingerprint density at radius 3 is 2.31 bits per heavy atom. The Kier molecular flexibility index (Phi) is 25.4. The molecule has 3 aliphatic heterocycles. The maximum absolute atomic E-state index is 13.9. The van der Waals surface area contributed by atoms with E-state index >= 15 is 0 Å². The molecule has 12 N–H and O–H groups in total. The predicted octanol–water partition coefficient (Wildman–Crippen LogP) is 4.70. The molecule has 3 aromatic carbocycles. The molecule has 37 heteroatoms. The zero-order valence-electron chi connectivity index (χ0n) is 65.2. The minimum atomic E-state index is -4.42. The van der Waals surface area contributed by atoms with E-state index in [0.717, 1.165) is 57.6 Å². The number of amides is 7. The first-order chi connectivity index (χ1) is 54.8. The monoisotopic (exact) mass is 1650 g/mol. The second-order valence-corrected chi connectivity index (χ2v) is 35.0. The van der Waals surface area contributed by atoms with Crippen LogP contribution in [0.3, 0.4) is 0 Å². The zero-order chi connectivity index (χ0) is 83.7. The number of aromatic carboxylic acids is 1. The van der Waals surface area contributed by atoms with E-state index in [9.17, 15) is 81.9 Å². The van der Waals surface area contributed by atoms with Gasteiger partial charge >= 0.3 is 24.0 Å². The van der Waals surface area contributed by atoms with E-state index in [2.05, 4.69) is 45.4 Å². The van der Waals surface area contributed by atoms with Crippen molar-refractivity contribution in [1.29, 1.82) is 0 Å². The van der Waals surface area contributed by atoms with E-state index in [1.807, 2.05) is 59.0 Å². The van der Waals surface area contributed by atoms with Crippen molar-refractivity contribution in [2.45, 2.75) is 192 Å². The quantitative estimate of drug-likeness (QED) is 0.0192. The fraction of sp³-hybridized carbons (Fsp3) is 0.532. The Morgan fingerprint density at radius 2 is 1.59 bits per heavy atom. The fourth-order valence-corrected chi connectivity index (χ4v) is 19.3. The lowest BCUT2D eigenvalue weighted by Crippen LogP contribution is -2.59. The van der Waals surface area contributed by atoms with Crippen molar-refractivity contribution in [1.82, 2.24) is 45.5 Å². The highest BCUT2D eigenvalue weighted by molar-refractivity contribution is 7.85. The van der Waals surface area contributed by atoms with E-state index in [0.29, 0.717) is 71.2 Å². The van der Waals surface area contributed by atoms with E-state index in [4.69, 9.17) is 38.7 Å². The van der Waals surface area contributed by atoms with Crippen molar-refractivity contribution < 1.29 is 111 Å². The van der Waals surface area contributed by atoms with Gasteiger partial charge in [0.2, 0.25) is 29.5 Å². The molecule has 13 atom stereocenters. The number of nitrogens with one attached hydrogen (secondary N) is 5. The molecule has 3 aromatic heterocycles. The molecule has 7 amide bonds. The number of fused-ring (bicyclic) bond motifs is 2. The summed E-state index contributed by atoms with van der Waals surface area (Å²) in [7, 11) is -2.86. The van der Waals surface area contributed by atoms with Crippen molar-refractivity contribution in [2.75, 3.05) is 67.8 Å². The number of carbonyl (C=O) groups excluding carboxylic acids is 7. The number of ether oxygens (including phenoxy) is 4. The van der Waals surface area contributed by atoms with Crippen molar-refractivity contribution >= 4 is 108 Å². The third kappa shape index (κ3) is 18.9. The molecule has 4 bridgehead atoms. The van der Waals surface area contributed by atoms with Crippen LogP contribution in [0.1, 0.15) is 141 Å². The molecule has 6 aromatic rings. The number of aromatic nitrogens is 4. The highest BCUT2D eigenvalue weighted by Gasteiger charge is 2.74. The number of rotatable bonds is 34. The molecule has 5 unspecified atom stereocenters. The molecule has 0 radical (unpaired) electrons. The van der Waals surface area contributed by atoms with E-state index in [1.54, 1.807) is 45.3 Å². The zero-order valence-corrected chi connectivity index (χ0v) is 66.9. The second-order valence-electron chi connectivity index (χ2n) is 32.4. The molecular weight excluding hydrogens is 1550 g/mol. The van der Waals surface area contributed by atoms with Gasteiger partial charge in [-0.1, -0.05) is 69.4 Å². The second kappa shape index (κ2) is 34.6. The van der Waals surface area contributed by atoms with Gasteiger partial charge < -0.3 is 85.6 Å². The summed E-state index contributed by atoms with van der Waals surface area (Å²) in [5, 5.41) is 80.4. The Morgan fingerprint density at radius 1 is 0.819 bits per heavy atom. The predicted molar refractivity (Wildman–Crippen MR) is 417 cm³/mol. The Balaban J connectivity index is 0.666. The summed E-state index contributed by atoms with van der Waals surface area (Å²) in [6.45, 7) is 11.0. The summed E-state index contributed by atoms with van der Waals surface area (Å²) >= 11 is 1.39. The maximum atomic E-state index is 13.9. The minimum Gasteiger partial charge on any atom is -0.481 e. The normalized spacial score (nSPS) is 25.2. The first-order valence-corrected chi connectivity index (χ1v) is 40.9. The molecule has 35 nitrogen and oxygen atoms in total. The number of hydrogen-bond donors (Lipinski definition) is 12. The van der Waals surface area contributed by atoms with Crippen LogP contribution >= 0.6 is 11.3 Å². The first kappa shape index (κ1) is 85.3. The summed E-state index contributed by atoms with van der Waals surface area (Å²) in [6, 6.07) is 16.7.